The molecule has 158 valence electrons. The number of hydrogen-bond acceptors (Lipinski definition) is 6. The van der Waals surface area contributed by atoms with Gasteiger partial charge < -0.3 is 18.8 Å². The molecule has 1 fully saturated rings. The van der Waals surface area contributed by atoms with E-state index in [-0.39, 0.29) is 0 Å². The number of pyridine rings is 1. The summed E-state index contributed by atoms with van der Waals surface area (Å²) in [6, 6.07) is 12.3. The molecule has 3 heterocycles. The van der Waals surface area contributed by atoms with Gasteiger partial charge in [-0.15, -0.1) is 0 Å². The first-order valence-electron chi connectivity index (χ1n) is 10.5. The first-order chi connectivity index (χ1) is 14.6. The van der Waals surface area contributed by atoms with E-state index in [0.717, 1.165) is 41.3 Å². The highest BCUT2D eigenvalue weighted by molar-refractivity contribution is 5.55. The van der Waals surface area contributed by atoms with Crippen LogP contribution < -0.4 is 9.47 Å². The second-order valence-electron chi connectivity index (χ2n) is 7.82. The predicted octanol–water partition coefficient (Wildman–Crippen LogP) is 4.66. The van der Waals surface area contributed by atoms with Crippen LogP contribution in [0.1, 0.15) is 36.8 Å². The summed E-state index contributed by atoms with van der Waals surface area (Å²) in [6.45, 7) is 7.00. The van der Waals surface area contributed by atoms with Gasteiger partial charge >= 0.3 is 0 Å². The third kappa shape index (κ3) is 4.82. The minimum Gasteiger partial charge on any atom is -0.489 e. The van der Waals surface area contributed by atoms with Crippen molar-refractivity contribution in [3.05, 3.63) is 59.6 Å². The molecule has 1 atom stereocenters. The molecule has 0 N–H and O–H groups in total. The number of ether oxygens (including phenoxy) is 2. The van der Waals surface area contributed by atoms with Crippen molar-refractivity contribution >= 4 is 0 Å². The van der Waals surface area contributed by atoms with Crippen LogP contribution in [0.5, 0.6) is 11.6 Å². The van der Waals surface area contributed by atoms with Gasteiger partial charge in [-0.2, -0.15) is 0 Å². The summed E-state index contributed by atoms with van der Waals surface area (Å²) in [5, 5.41) is 0. The number of hydrogen-bond donors (Lipinski definition) is 0. The number of aromatic nitrogens is 2. The van der Waals surface area contributed by atoms with Gasteiger partial charge in [0.2, 0.25) is 11.8 Å². The average Bonchev–Trinajstić information content (AvgIpc) is 3.36. The predicted molar refractivity (Wildman–Crippen MR) is 116 cm³/mol. The molecule has 1 saturated heterocycles. The molecular formula is C24H29N3O3. The Kier molecular flexibility index (Phi) is 6.33. The van der Waals surface area contributed by atoms with Gasteiger partial charge in [0.15, 0.2) is 0 Å². The quantitative estimate of drug-likeness (QED) is 0.541. The summed E-state index contributed by atoms with van der Waals surface area (Å²) in [6.07, 6.45) is 5.28. The third-order valence-electron chi connectivity index (χ3n) is 5.73. The zero-order chi connectivity index (χ0) is 20.9. The Hall–Kier alpha value is -2.86. The molecule has 0 amide bonds. The first-order valence-corrected chi connectivity index (χ1v) is 10.5. The van der Waals surface area contributed by atoms with Gasteiger partial charge in [-0.1, -0.05) is 0 Å². The van der Waals surface area contributed by atoms with Gasteiger partial charge in [0.05, 0.1) is 12.8 Å². The molecule has 6 nitrogen and oxygen atoms in total. The fraction of sp³-hybridized carbons (Fsp3) is 0.417. The Morgan fingerprint density at radius 1 is 1.17 bits per heavy atom. The minimum absolute atomic E-state index is 0.452. The van der Waals surface area contributed by atoms with Crippen LogP contribution in [0.3, 0.4) is 0 Å². The monoisotopic (exact) mass is 407 g/mol. The van der Waals surface area contributed by atoms with Crippen molar-refractivity contribution in [2.45, 2.75) is 45.8 Å². The fourth-order valence-electron chi connectivity index (χ4n) is 3.84. The van der Waals surface area contributed by atoms with E-state index in [1.165, 1.54) is 19.4 Å². The zero-order valence-corrected chi connectivity index (χ0v) is 17.9. The normalized spacial score (nSPS) is 16.7. The zero-order valence-electron chi connectivity index (χ0n) is 17.9. The van der Waals surface area contributed by atoms with E-state index < -0.39 is 0 Å². The second kappa shape index (κ2) is 9.30. The smallest absolute Gasteiger partial charge is 0.226 e. The molecule has 3 aromatic rings. The van der Waals surface area contributed by atoms with Crippen molar-refractivity contribution in [2.75, 3.05) is 20.2 Å². The molecule has 1 unspecified atom stereocenters. The Morgan fingerprint density at radius 3 is 2.67 bits per heavy atom. The highest BCUT2D eigenvalue weighted by Gasteiger charge is 2.21. The fourth-order valence-corrected chi connectivity index (χ4v) is 3.84. The molecule has 30 heavy (non-hydrogen) atoms. The molecule has 1 aromatic carbocycles. The Labute approximate surface area is 177 Å². The van der Waals surface area contributed by atoms with Crippen LogP contribution >= 0.6 is 0 Å². The van der Waals surface area contributed by atoms with E-state index in [9.17, 15) is 0 Å². The van der Waals surface area contributed by atoms with E-state index in [1.54, 1.807) is 13.3 Å². The summed E-state index contributed by atoms with van der Waals surface area (Å²) in [5.41, 5.74) is 2.99. The van der Waals surface area contributed by atoms with E-state index in [2.05, 4.69) is 16.8 Å². The lowest BCUT2D eigenvalue weighted by Gasteiger charge is -2.20. The summed E-state index contributed by atoms with van der Waals surface area (Å²) in [5.74, 6) is 2.96. The molecule has 6 heteroatoms. The van der Waals surface area contributed by atoms with Crippen molar-refractivity contribution in [3.63, 3.8) is 0 Å². The van der Waals surface area contributed by atoms with Crippen molar-refractivity contribution in [1.29, 1.82) is 0 Å². The first kappa shape index (κ1) is 20.4. The van der Waals surface area contributed by atoms with Crippen LogP contribution in [0.15, 0.2) is 47.0 Å². The van der Waals surface area contributed by atoms with Gasteiger partial charge in [-0.3, -0.25) is 0 Å². The molecule has 4 rings (SSSR count). The van der Waals surface area contributed by atoms with Crippen LogP contribution in [-0.4, -0.2) is 41.1 Å². The third-order valence-corrected chi connectivity index (χ3v) is 5.73. The maximum Gasteiger partial charge on any atom is 0.226 e. The lowest BCUT2D eigenvalue weighted by Crippen LogP contribution is -2.29. The van der Waals surface area contributed by atoms with Gasteiger partial charge in [0.25, 0.3) is 0 Å². The SMILES string of the molecule is COc1ccc(COc2ccc(-c3nc(CCN4CCCC4C)c(C)o3)cc2)cn1. The van der Waals surface area contributed by atoms with Crippen molar-refractivity contribution < 1.29 is 13.9 Å². The lowest BCUT2D eigenvalue weighted by atomic mass is 10.2. The Morgan fingerprint density at radius 2 is 2.00 bits per heavy atom. The molecule has 0 aliphatic carbocycles. The average molecular weight is 408 g/mol. The number of likely N-dealkylation sites (tertiary alicyclic amines) is 1. The molecule has 0 saturated carbocycles. The highest BCUT2D eigenvalue weighted by atomic mass is 16.5. The van der Waals surface area contributed by atoms with Gasteiger partial charge in [0.1, 0.15) is 18.1 Å². The maximum atomic E-state index is 5.94. The van der Waals surface area contributed by atoms with Crippen LogP contribution in [0.4, 0.5) is 0 Å². The van der Waals surface area contributed by atoms with Crippen LogP contribution in [0, 0.1) is 6.92 Å². The number of benzene rings is 1. The van der Waals surface area contributed by atoms with Crippen LogP contribution in [0.25, 0.3) is 11.5 Å². The van der Waals surface area contributed by atoms with Crippen LogP contribution in [-0.2, 0) is 13.0 Å². The van der Waals surface area contributed by atoms with Crippen molar-refractivity contribution in [3.8, 4) is 23.1 Å². The van der Waals surface area contributed by atoms with Gasteiger partial charge in [0, 0.05) is 42.4 Å². The van der Waals surface area contributed by atoms with E-state index in [0.29, 0.717) is 24.4 Å². The van der Waals surface area contributed by atoms with E-state index in [1.807, 2.05) is 43.3 Å². The number of rotatable bonds is 8. The van der Waals surface area contributed by atoms with Crippen molar-refractivity contribution in [1.82, 2.24) is 14.9 Å². The molecule has 0 bridgehead atoms. The number of methoxy groups -OCH3 is 1. The Balaban J connectivity index is 1.35. The molecule has 1 aliphatic heterocycles. The van der Waals surface area contributed by atoms with Gasteiger partial charge in [-0.25, -0.2) is 9.97 Å². The minimum atomic E-state index is 0.452. The second-order valence-corrected chi connectivity index (χ2v) is 7.82. The van der Waals surface area contributed by atoms with Crippen molar-refractivity contribution in [2.24, 2.45) is 0 Å². The molecular weight excluding hydrogens is 378 g/mol. The van der Waals surface area contributed by atoms with E-state index >= 15 is 0 Å². The maximum absolute atomic E-state index is 5.94. The molecule has 2 aromatic heterocycles. The molecule has 0 spiro atoms. The number of aryl methyl sites for hydroxylation is 1. The van der Waals surface area contributed by atoms with E-state index in [4.69, 9.17) is 18.9 Å². The summed E-state index contributed by atoms with van der Waals surface area (Å²) in [4.78, 5) is 11.5. The number of nitrogens with zero attached hydrogens (tertiary/aromatic N) is 3. The van der Waals surface area contributed by atoms with Gasteiger partial charge in [-0.05, 0) is 63.6 Å². The summed E-state index contributed by atoms with van der Waals surface area (Å²) < 4.78 is 16.9. The lowest BCUT2D eigenvalue weighted by molar-refractivity contribution is 0.271. The number of oxazole rings is 1. The summed E-state index contributed by atoms with van der Waals surface area (Å²) in [7, 11) is 1.60. The van der Waals surface area contributed by atoms with Crippen LogP contribution in [0.2, 0.25) is 0 Å². The molecule has 0 radical (unpaired) electrons. The highest BCUT2D eigenvalue weighted by Crippen LogP contribution is 2.25. The summed E-state index contributed by atoms with van der Waals surface area (Å²) >= 11 is 0. The molecule has 1 aliphatic rings. The Bertz CT molecular complexity index is 951. The largest absolute Gasteiger partial charge is 0.489 e. The topological polar surface area (TPSA) is 60.6 Å². The standard InChI is InChI=1S/C24H29N3O3/c1-17-5-4-13-27(17)14-12-22-18(2)30-24(26-22)20-7-9-21(10-8-20)29-16-19-6-11-23(28-3)25-15-19/h6-11,15,17H,4-5,12-14,16H2,1-3H3.